The lowest BCUT2D eigenvalue weighted by molar-refractivity contribution is 0.587. The Labute approximate surface area is 176 Å². The number of hydrogen-bond donors (Lipinski definition) is 2. The van der Waals surface area contributed by atoms with Crippen molar-refractivity contribution in [2.24, 2.45) is 0 Å². The van der Waals surface area contributed by atoms with Crippen LogP contribution >= 0.6 is 24.8 Å². The van der Waals surface area contributed by atoms with Gasteiger partial charge in [0.25, 0.3) is 0 Å². The molecule has 5 rings (SSSR count). The monoisotopic (exact) mass is 418 g/mol. The normalized spacial score (nSPS) is 13.4. The molecule has 0 unspecified atom stereocenters. The first kappa shape index (κ1) is 20.5. The molecule has 0 aliphatic carbocycles. The molecule has 3 aromatic heterocycles. The van der Waals surface area contributed by atoms with Gasteiger partial charge in [-0.05, 0) is 37.1 Å². The lowest BCUT2D eigenvalue weighted by atomic mass is 10.1. The zero-order chi connectivity index (χ0) is 17.3. The Bertz CT molecular complexity index is 1020. The maximum absolute atomic E-state index is 4.80. The average molecular weight is 419 g/mol. The van der Waals surface area contributed by atoms with Crippen LogP contribution in [0.15, 0.2) is 48.9 Å². The van der Waals surface area contributed by atoms with Crippen molar-refractivity contribution < 1.29 is 0 Å². The first-order valence-electron chi connectivity index (χ1n) is 9.22. The average Bonchev–Trinajstić information content (AvgIpc) is 3.35. The fourth-order valence-corrected chi connectivity index (χ4v) is 3.77. The molecule has 6 nitrogen and oxygen atoms in total. The first-order chi connectivity index (χ1) is 12.9. The number of hydrogen-bond acceptors (Lipinski definition) is 3. The van der Waals surface area contributed by atoms with Crippen LogP contribution in [0.1, 0.15) is 17.7 Å². The van der Waals surface area contributed by atoms with Crippen molar-refractivity contribution in [3.05, 3.63) is 60.2 Å². The first-order valence-corrected chi connectivity index (χ1v) is 9.22. The minimum absolute atomic E-state index is 0. The third kappa shape index (κ3) is 3.81. The van der Waals surface area contributed by atoms with E-state index in [-0.39, 0.29) is 24.8 Å². The summed E-state index contributed by atoms with van der Waals surface area (Å²) in [7, 11) is 0. The van der Waals surface area contributed by atoms with E-state index in [0.29, 0.717) is 0 Å². The van der Waals surface area contributed by atoms with E-state index in [9.17, 15) is 0 Å². The van der Waals surface area contributed by atoms with Gasteiger partial charge in [-0.25, -0.2) is 4.98 Å². The van der Waals surface area contributed by atoms with Crippen LogP contribution in [0.3, 0.4) is 0 Å². The van der Waals surface area contributed by atoms with Crippen LogP contribution in [0, 0.1) is 0 Å². The molecule has 1 aliphatic heterocycles. The fourth-order valence-electron chi connectivity index (χ4n) is 3.77. The van der Waals surface area contributed by atoms with Crippen molar-refractivity contribution in [2.45, 2.75) is 32.5 Å². The minimum atomic E-state index is 0. The lowest BCUT2D eigenvalue weighted by Crippen LogP contribution is -2.11. The van der Waals surface area contributed by atoms with E-state index in [1.807, 2.05) is 12.4 Å². The molecule has 148 valence electrons. The highest BCUT2D eigenvalue weighted by Crippen LogP contribution is 2.22. The Morgan fingerprint density at radius 1 is 1.14 bits per heavy atom. The van der Waals surface area contributed by atoms with Crippen molar-refractivity contribution >= 4 is 35.7 Å². The summed E-state index contributed by atoms with van der Waals surface area (Å²) in [4.78, 5) is 7.93. The smallest absolute Gasteiger partial charge is 0.160 e. The van der Waals surface area contributed by atoms with Gasteiger partial charge < -0.3 is 14.9 Å². The van der Waals surface area contributed by atoms with Crippen molar-refractivity contribution in [1.82, 2.24) is 29.6 Å². The highest BCUT2D eigenvalue weighted by atomic mass is 35.5. The molecule has 4 aromatic rings. The zero-order valence-corrected chi connectivity index (χ0v) is 17.1. The predicted octanol–water partition coefficient (Wildman–Crippen LogP) is 3.81. The number of H-pyrrole nitrogens is 1. The van der Waals surface area contributed by atoms with Crippen molar-refractivity contribution in [2.75, 3.05) is 6.54 Å². The summed E-state index contributed by atoms with van der Waals surface area (Å²) in [5, 5.41) is 9.54. The van der Waals surface area contributed by atoms with Crippen LogP contribution < -0.4 is 5.32 Å². The summed E-state index contributed by atoms with van der Waals surface area (Å²) >= 11 is 0. The Morgan fingerprint density at radius 2 is 2.04 bits per heavy atom. The molecule has 1 aromatic carbocycles. The molecule has 0 bridgehead atoms. The number of aryl methyl sites for hydroxylation is 3. The maximum atomic E-state index is 4.80. The van der Waals surface area contributed by atoms with Gasteiger partial charge in [-0.15, -0.1) is 24.8 Å². The second-order valence-corrected chi connectivity index (χ2v) is 6.83. The van der Waals surface area contributed by atoms with Gasteiger partial charge in [0.1, 0.15) is 5.69 Å². The molecule has 0 saturated heterocycles. The number of fused-ring (bicyclic) bond motifs is 2. The van der Waals surface area contributed by atoms with Crippen LogP contribution in [0.25, 0.3) is 22.4 Å². The summed E-state index contributed by atoms with van der Waals surface area (Å²) in [6.45, 7) is 3.79. The number of aromatic amines is 1. The number of rotatable bonds is 4. The molecule has 28 heavy (non-hydrogen) atoms. The third-order valence-electron chi connectivity index (χ3n) is 5.13. The van der Waals surface area contributed by atoms with E-state index in [1.54, 1.807) is 0 Å². The van der Waals surface area contributed by atoms with E-state index in [2.05, 4.69) is 61.1 Å². The highest BCUT2D eigenvalue weighted by molar-refractivity contribution is 5.85. The lowest BCUT2D eigenvalue weighted by Gasteiger charge is -2.06. The number of halogens is 2. The molecule has 0 spiro atoms. The Hall–Kier alpha value is -2.28. The number of nitrogens with zero attached hydrogens (tertiary/aromatic N) is 4. The second kappa shape index (κ2) is 8.82. The van der Waals surface area contributed by atoms with Crippen LogP contribution in [0.4, 0.5) is 0 Å². The molecular formula is C20H24Cl2N6. The Kier molecular flexibility index (Phi) is 6.44. The topological polar surface area (TPSA) is 63.5 Å². The number of imidazole rings is 1. The van der Waals surface area contributed by atoms with E-state index < -0.39 is 0 Å². The maximum Gasteiger partial charge on any atom is 0.160 e. The molecule has 0 amide bonds. The van der Waals surface area contributed by atoms with Crippen LogP contribution in [0.2, 0.25) is 0 Å². The molecule has 0 fully saturated rings. The molecule has 0 saturated carbocycles. The van der Waals surface area contributed by atoms with Gasteiger partial charge in [-0.2, -0.15) is 5.10 Å². The zero-order valence-electron chi connectivity index (χ0n) is 15.5. The quantitative estimate of drug-likeness (QED) is 0.529. The summed E-state index contributed by atoms with van der Waals surface area (Å²) in [5.41, 5.74) is 4.74. The van der Waals surface area contributed by atoms with Gasteiger partial charge in [0.05, 0.1) is 5.69 Å². The molecule has 4 heterocycles. The van der Waals surface area contributed by atoms with Crippen molar-refractivity contribution in [3.8, 4) is 11.5 Å². The number of benzene rings is 1. The molecule has 0 radical (unpaired) electrons. The van der Waals surface area contributed by atoms with Crippen molar-refractivity contribution in [3.63, 3.8) is 0 Å². The SMILES string of the molecule is Cl.Cl.c1ccc2c(CCn3ccnc3-c3cc4n(n3)CCCNC4)c[nH]c2c1. The largest absolute Gasteiger partial charge is 0.361 e. The second-order valence-electron chi connectivity index (χ2n) is 6.83. The summed E-state index contributed by atoms with van der Waals surface area (Å²) in [6.07, 6.45) is 8.11. The summed E-state index contributed by atoms with van der Waals surface area (Å²) in [6, 6.07) is 10.6. The van der Waals surface area contributed by atoms with Gasteiger partial charge in [0.15, 0.2) is 5.82 Å². The van der Waals surface area contributed by atoms with Gasteiger partial charge in [-0.1, -0.05) is 18.2 Å². The highest BCUT2D eigenvalue weighted by Gasteiger charge is 2.15. The molecule has 0 atom stereocenters. The molecule has 8 heteroatoms. The summed E-state index contributed by atoms with van der Waals surface area (Å²) in [5.74, 6) is 0.949. The van der Waals surface area contributed by atoms with Gasteiger partial charge in [-0.3, -0.25) is 4.68 Å². The number of aromatic nitrogens is 5. The van der Waals surface area contributed by atoms with E-state index in [1.165, 1.54) is 22.2 Å². The van der Waals surface area contributed by atoms with Crippen LogP contribution in [-0.2, 0) is 26.1 Å². The molecular weight excluding hydrogens is 395 g/mol. The fraction of sp³-hybridized carbons (Fsp3) is 0.300. The van der Waals surface area contributed by atoms with E-state index in [4.69, 9.17) is 5.10 Å². The third-order valence-corrected chi connectivity index (χ3v) is 5.13. The number of nitrogens with one attached hydrogen (secondary N) is 2. The van der Waals surface area contributed by atoms with Gasteiger partial charge in [0.2, 0.25) is 0 Å². The number of para-hydroxylation sites is 1. The van der Waals surface area contributed by atoms with Crippen LogP contribution in [0.5, 0.6) is 0 Å². The Balaban J connectivity index is 0.00000112. The molecule has 1 aliphatic rings. The van der Waals surface area contributed by atoms with Crippen molar-refractivity contribution in [1.29, 1.82) is 0 Å². The summed E-state index contributed by atoms with van der Waals surface area (Å²) < 4.78 is 4.32. The minimum Gasteiger partial charge on any atom is -0.361 e. The van der Waals surface area contributed by atoms with Gasteiger partial charge >= 0.3 is 0 Å². The van der Waals surface area contributed by atoms with E-state index in [0.717, 1.165) is 50.5 Å². The molecule has 2 N–H and O–H groups in total. The van der Waals surface area contributed by atoms with Gasteiger partial charge in [0, 0.05) is 49.1 Å². The van der Waals surface area contributed by atoms with Crippen LogP contribution in [-0.4, -0.2) is 30.9 Å². The Morgan fingerprint density at radius 3 is 2.96 bits per heavy atom. The van der Waals surface area contributed by atoms with E-state index >= 15 is 0 Å². The standard InChI is InChI=1S/C20H22N6.2ClH/c1-2-5-18-17(4-1)15(13-23-18)6-10-25-11-8-22-20(25)19-12-16-14-21-7-3-9-26(16)24-19;;/h1-2,4-5,8,11-13,21,23H,3,6-7,9-10,14H2;2*1H. The predicted molar refractivity (Wildman–Crippen MR) is 116 cm³/mol.